The SMILES string of the molecule is CC(=O)Nc1ccc(CN(C)C2CCc3ccccc32)cc1. The van der Waals surface area contributed by atoms with Crippen molar-refractivity contribution in [2.24, 2.45) is 0 Å². The molecule has 1 aliphatic carbocycles. The molecule has 1 aliphatic rings. The first-order valence-electron chi connectivity index (χ1n) is 7.78. The highest BCUT2D eigenvalue weighted by molar-refractivity contribution is 5.88. The maximum atomic E-state index is 11.0. The Labute approximate surface area is 132 Å². The number of nitrogens with one attached hydrogen (secondary N) is 1. The van der Waals surface area contributed by atoms with Crippen LogP contribution in [0.3, 0.4) is 0 Å². The van der Waals surface area contributed by atoms with Crippen molar-refractivity contribution in [1.82, 2.24) is 4.90 Å². The molecule has 1 atom stereocenters. The molecule has 22 heavy (non-hydrogen) atoms. The van der Waals surface area contributed by atoms with Gasteiger partial charge in [-0.25, -0.2) is 0 Å². The molecule has 1 N–H and O–H groups in total. The molecule has 0 saturated heterocycles. The van der Waals surface area contributed by atoms with Crippen LogP contribution in [0.4, 0.5) is 5.69 Å². The Balaban J connectivity index is 1.67. The Kier molecular flexibility index (Phi) is 4.25. The van der Waals surface area contributed by atoms with E-state index in [9.17, 15) is 4.79 Å². The molecule has 0 fully saturated rings. The van der Waals surface area contributed by atoms with Crippen LogP contribution in [-0.4, -0.2) is 17.9 Å². The Morgan fingerprint density at radius 3 is 2.64 bits per heavy atom. The number of carbonyl (C=O) groups is 1. The fourth-order valence-corrected chi connectivity index (χ4v) is 3.29. The number of rotatable bonds is 4. The summed E-state index contributed by atoms with van der Waals surface area (Å²) in [6, 6.07) is 17.4. The Bertz CT molecular complexity index is 663. The largest absolute Gasteiger partial charge is 0.326 e. The first-order valence-corrected chi connectivity index (χ1v) is 7.78. The van der Waals surface area contributed by atoms with E-state index in [2.05, 4.69) is 53.7 Å². The lowest BCUT2D eigenvalue weighted by Gasteiger charge is -2.25. The number of hydrogen-bond donors (Lipinski definition) is 1. The van der Waals surface area contributed by atoms with E-state index in [1.807, 2.05) is 12.1 Å². The molecule has 0 bridgehead atoms. The maximum absolute atomic E-state index is 11.0. The second-order valence-electron chi connectivity index (χ2n) is 6.05. The summed E-state index contributed by atoms with van der Waals surface area (Å²) in [7, 11) is 2.19. The zero-order valence-electron chi connectivity index (χ0n) is 13.2. The predicted molar refractivity (Wildman–Crippen MR) is 89.7 cm³/mol. The highest BCUT2D eigenvalue weighted by atomic mass is 16.1. The summed E-state index contributed by atoms with van der Waals surface area (Å²) in [5.41, 5.74) is 5.08. The van der Waals surface area contributed by atoms with Gasteiger partial charge in [0.25, 0.3) is 0 Å². The van der Waals surface area contributed by atoms with Crippen molar-refractivity contribution in [3.05, 3.63) is 65.2 Å². The van der Waals surface area contributed by atoms with Crippen molar-refractivity contribution in [3.8, 4) is 0 Å². The third-order valence-corrected chi connectivity index (χ3v) is 4.34. The Morgan fingerprint density at radius 1 is 1.18 bits per heavy atom. The third kappa shape index (κ3) is 3.20. The van der Waals surface area contributed by atoms with Crippen molar-refractivity contribution in [3.63, 3.8) is 0 Å². The molecule has 3 rings (SSSR count). The summed E-state index contributed by atoms with van der Waals surface area (Å²) < 4.78 is 0. The van der Waals surface area contributed by atoms with Crippen LogP contribution in [0.5, 0.6) is 0 Å². The number of fused-ring (bicyclic) bond motifs is 1. The Hall–Kier alpha value is -2.13. The third-order valence-electron chi connectivity index (χ3n) is 4.34. The van der Waals surface area contributed by atoms with Crippen LogP contribution >= 0.6 is 0 Å². The van der Waals surface area contributed by atoms with Crippen LogP contribution in [-0.2, 0) is 17.8 Å². The standard InChI is InChI=1S/C19H22N2O/c1-14(22)20-17-10-7-15(8-11-17)13-21(2)19-12-9-16-5-3-4-6-18(16)19/h3-8,10-11,19H,9,12-13H2,1-2H3,(H,20,22). The van der Waals surface area contributed by atoms with Gasteiger partial charge in [-0.05, 0) is 48.7 Å². The van der Waals surface area contributed by atoms with E-state index in [1.165, 1.54) is 36.5 Å². The van der Waals surface area contributed by atoms with Gasteiger partial charge in [-0.3, -0.25) is 9.69 Å². The number of amides is 1. The van der Waals surface area contributed by atoms with Gasteiger partial charge in [0.1, 0.15) is 0 Å². The van der Waals surface area contributed by atoms with Gasteiger partial charge < -0.3 is 5.32 Å². The number of aryl methyl sites for hydroxylation is 1. The molecule has 0 spiro atoms. The molecule has 114 valence electrons. The number of anilines is 1. The molecule has 0 heterocycles. The summed E-state index contributed by atoms with van der Waals surface area (Å²) in [5.74, 6) is -0.0348. The van der Waals surface area contributed by atoms with Gasteiger partial charge in [0.15, 0.2) is 0 Å². The summed E-state index contributed by atoms with van der Waals surface area (Å²) in [5, 5.41) is 2.80. The topological polar surface area (TPSA) is 32.3 Å². The molecule has 3 nitrogen and oxygen atoms in total. The Morgan fingerprint density at radius 2 is 1.91 bits per heavy atom. The molecule has 0 aliphatic heterocycles. The maximum Gasteiger partial charge on any atom is 0.221 e. The molecular formula is C19H22N2O. The van der Waals surface area contributed by atoms with E-state index in [0.29, 0.717) is 6.04 Å². The van der Waals surface area contributed by atoms with E-state index in [1.54, 1.807) is 0 Å². The van der Waals surface area contributed by atoms with Gasteiger partial charge in [-0.2, -0.15) is 0 Å². The summed E-state index contributed by atoms with van der Waals surface area (Å²) in [4.78, 5) is 13.5. The molecule has 1 amide bonds. The average Bonchev–Trinajstić information content (AvgIpc) is 2.93. The summed E-state index contributed by atoms with van der Waals surface area (Å²) >= 11 is 0. The summed E-state index contributed by atoms with van der Waals surface area (Å²) in [6.07, 6.45) is 2.37. The molecule has 0 saturated carbocycles. The van der Waals surface area contributed by atoms with E-state index >= 15 is 0 Å². The van der Waals surface area contributed by atoms with Gasteiger partial charge >= 0.3 is 0 Å². The van der Waals surface area contributed by atoms with Crippen molar-refractivity contribution in [2.75, 3.05) is 12.4 Å². The van der Waals surface area contributed by atoms with E-state index in [0.717, 1.165) is 12.2 Å². The highest BCUT2D eigenvalue weighted by Gasteiger charge is 2.25. The van der Waals surface area contributed by atoms with Crippen molar-refractivity contribution >= 4 is 11.6 Å². The van der Waals surface area contributed by atoms with Crippen LogP contribution in [0.1, 0.15) is 36.1 Å². The minimum absolute atomic E-state index is 0.0348. The van der Waals surface area contributed by atoms with Crippen LogP contribution < -0.4 is 5.32 Å². The van der Waals surface area contributed by atoms with Crippen LogP contribution in [0.25, 0.3) is 0 Å². The first kappa shape index (κ1) is 14.8. The van der Waals surface area contributed by atoms with Crippen LogP contribution in [0, 0.1) is 0 Å². The molecule has 1 unspecified atom stereocenters. The van der Waals surface area contributed by atoms with Crippen molar-refractivity contribution in [2.45, 2.75) is 32.4 Å². The summed E-state index contributed by atoms with van der Waals surface area (Å²) in [6.45, 7) is 2.44. The van der Waals surface area contributed by atoms with Crippen LogP contribution in [0.2, 0.25) is 0 Å². The number of nitrogens with zero attached hydrogens (tertiary/aromatic N) is 1. The molecule has 2 aromatic rings. The van der Waals surface area contributed by atoms with Crippen molar-refractivity contribution in [1.29, 1.82) is 0 Å². The average molecular weight is 294 g/mol. The molecule has 0 radical (unpaired) electrons. The monoisotopic (exact) mass is 294 g/mol. The van der Waals surface area contributed by atoms with Gasteiger partial charge in [-0.1, -0.05) is 36.4 Å². The molecule has 0 aromatic heterocycles. The van der Waals surface area contributed by atoms with E-state index < -0.39 is 0 Å². The van der Waals surface area contributed by atoms with Crippen molar-refractivity contribution < 1.29 is 4.79 Å². The number of benzene rings is 2. The quantitative estimate of drug-likeness (QED) is 0.931. The zero-order chi connectivity index (χ0) is 15.5. The molecule has 2 aromatic carbocycles. The van der Waals surface area contributed by atoms with Gasteiger partial charge in [0.2, 0.25) is 5.91 Å². The fraction of sp³-hybridized carbons (Fsp3) is 0.316. The predicted octanol–water partition coefficient (Wildman–Crippen LogP) is 3.76. The van der Waals surface area contributed by atoms with Gasteiger partial charge in [-0.15, -0.1) is 0 Å². The normalized spacial score (nSPS) is 16.6. The lowest BCUT2D eigenvalue weighted by molar-refractivity contribution is -0.114. The number of hydrogen-bond acceptors (Lipinski definition) is 2. The van der Waals surface area contributed by atoms with Gasteiger partial charge in [0.05, 0.1) is 0 Å². The minimum atomic E-state index is -0.0348. The number of carbonyl (C=O) groups excluding carboxylic acids is 1. The second kappa shape index (κ2) is 6.32. The minimum Gasteiger partial charge on any atom is -0.326 e. The second-order valence-corrected chi connectivity index (χ2v) is 6.05. The first-order chi connectivity index (χ1) is 10.6. The van der Waals surface area contributed by atoms with E-state index in [-0.39, 0.29) is 5.91 Å². The zero-order valence-corrected chi connectivity index (χ0v) is 13.2. The lowest BCUT2D eigenvalue weighted by Crippen LogP contribution is -2.22. The van der Waals surface area contributed by atoms with Crippen LogP contribution in [0.15, 0.2) is 48.5 Å². The smallest absolute Gasteiger partial charge is 0.221 e. The fourth-order valence-electron chi connectivity index (χ4n) is 3.29. The molecular weight excluding hydrogens is 272 g/mol. The highest BCUT2D eigenvalue weighted by Crippen LogP contribution is 2.35. The molecule has 3 heteroatoms. The van der Waals surface area contributed by atoms with Gasteiger partial charge in [0, 0.05) is 25.2 Å². The lowest BCUT2D eigenvalue weighted by atomic mass is 10.1. The van der Waals surface area contributed by atoms with E-state index in [4.69, 9.17) is 0 Å².